The Balaban J connectivity index is 2.63. The van der Waals surface area contributed by atoms with Crippen LogP contribution in [0.1, 0.15) is 32.3 Å². The Morgan fingerprint density at radius 2 is 2.22 bits per heavy atom. The summed E-state index contributed by atoms with van der Waals surface area (Å²) in [5, 5.41) is 22.7. The Morgan fingerprint density at radius 1 is 1.50 bits per heavy atom. The van der Waals surface area contributed by atoms with Crippen LogP contribution < -0.4 is 5.32 Å². The minimum absolute atomic E-state index is 0.0915. The van der Waals surface area contributed by atoms with Crippen molar-refractivity contribution in [2.24, 2.45) is 5.92 Å². The molecule has 0 saturated carbocycles. The normalized spacial score (nSPS) is 10.1. The van der Waals surface area contributed by atoms with Crippen LogP contribution in [0.15, 0.2) is 18.2 Å². The van der Waals surface area contributed by atoms with Crippen molar-refractivity contribution in [1.29, 1.82) is 5.26 Å². The number of rotatable bonds is 6. The zero-order valence-corrected chi connectivity index (χ0v) is 10.6. The first kappa shape index (κ1) is 14.0. The number of nitriles is 1. The smallest absolute Gasteiger partial charge is 0.287 e. The zero-order valence-electron chi connectivity index (χ0n) is 10.6. The Bertz CT molecular complexity index is 464. The molecule has 0 radical (unpaired) electrons. The predicted octanol–water partition coefficient (Wildman–Crippen LogP) is 3.31. The third-order valence-electron chi connectivity index (χ3n) is 2.60. The van der Waals surface area contributed by atoms with Gasteiger partial charge in [0.05, 0.1) is 4.92 Å². The van der Waals surface area contributed by atoms with Crippen LogP contribution in [0.5, 0.6) is 0 Å². The van der Waals surface area contributed by atoms with Crippen LogP contribution in [0.2, 0.25) is 0 Å². The van der Waals surface area contributed by atoms with Gasteiger partial charge in [-0.3, -0.25) is 10.1 Å². The van der Waals surface area contributed by atoms with Gasteiger partial charge in [0.2, 0.25) is 0 Å². The summed E-state index contributed by atoms with van der Waals surface area (Å²) in [6.45, 7) is 5.14. The van der Waals surface area contributed by atoms with E-state index in [9.17, 15) is 10.1 Å². The lowest BCUT2D eigenvalue weighted by Gasteiger charge is -2.08. The van der Waals surface area contributed by atoms with Crippen molar-refractivity contribution in [3.63, 3.8) is 0 Å². The molecule has 0 saturated heterocycles. The molecule has 96 valence electrons. The third-order valence-corrected chi connectivity index (χ3v) is 2.60. The van der Waals surface area contributed by atoms with Crippen LogP contribution in [0.25, 0.3) is 0 Å². The number of anilines is 1. The molecule has 0 atom stereocenters. The topological polar surface area (TPSA) is 79.0 Å². The number of nitrogens with zero attached hydrogens (tertiary/aromatic N) is 2. The largest absolute Gasteiger partial charge is 0.385 e. The van der Waals surface area contributed by atoms with E-state index in [1.165, 1.54) is 12.1 Å². The standard InChI is InChI=1S/C13H17N3O2/c1-10(2)4-3-7-15-12-5-6-13(16(17)18)11(8-12)9-14/h5-6,8,10,15H,3-4,7H2,1-2H3. The molecule has 1 aromatic carbocycles. The molecule has 0 aliphatic heterocycles. The van der Waals surface area contributed by atoms with E-state index in [2.05, 4.69) is 19.2 Å². The third kappa shape index (κ3) is 4.06. The number of hydrogen-bond donors (Lipinski definition) is 1. The molecule has 0 spiro atoms. The van der Waals surface area contributed by atoms with Crippen LogP contribution in [0, 0.1) is 27.4 Å². The maximum absolute atomic E-state index is 10.7. The van der Waals surface area contributed by atoms with Crippen molar-refractivity contribution >= 4 is 11.4 Å². The number of nitrogens with one attached hydrogen (secondary N) is 1. The molecule has 0 aromatic heterocycles. The van der Waals surface area contributed by atoms with E-state index in [-0.39, 0.29) is 11.3 Å². The fraction of sp³-hybridized carbons (Fsp3) is 0.462. The van der Waals surface area contributed by atoms with E-state index in [0.717, 1.165) is 25.1 Å². The lowest BCUT2D eigenvalue weighted by atomic mass is 10.1. The molecule has 0 aliphatic rings. The molecule has 5 heteroatoms. The van der Waals surface area contributed by atoms with Crippen LogP contribution in [-0.2, 0) is 0 Å². The molecule has 0 aliphatic carbocycles. The first-order chi connectivity index (χ1) is 8.54. The van der Waals surface area contributed by atoms with Gasteiger partial charge in [-0.05, 0) is 30.9 Å². The quantitative estimate of drug-likeness (QED) is 0.475. The summed E-state index contributed by atoms with van der Waals surface area (Å²) in [4.78, 5) is 10.1. The zero-order chi connectivity index (χ0) is 13.5. The van der Waals surface area contributed by atoms with Crippen molar-refractivity contribution < 1.29 is 4.92 Å². The SMILES string of the molecule is CC(C)CCCNc1ccc([N+](=O)[O-])c(C#N)c1. The Labute approximate surface area is 107 Å². The molecule has 0 bridgehead atoms. The summed E-state index contributed by atoms with van der Waals surface area (Å²) in [7, 11) is 0. The first-order valence-corrected chi connectivity index (χ1v) is 5.97. The lowest BCUT2D eigenvalue weighted by Crippen LogP contribution is -2.03. The van der Waals surface area contributed by atoms with Gasteiger partial charge in [0, 0.05) is 18.3 Å². The van der Waals surface area contributed by atoms with Crippen molar-refractivity contribution in [3.8, 4) is 6.07 Å². The van der Waals surface area contributed by atoms with Gasteiger partial charge in [-0.15, -0.1) is 0 Å². The van der Waals surface area contributed by atoms with E-state index in [0.29, 0.717) is 5.92 Å². The molecule has 0 unspecified atom stereocenters. The van der Waals surface area contributed by atoms with Crippen LogP contribution in [-0.4, -0.2) is 11.5 Å². The first-order valence-electron chi connectivity index (χ1n) is 5.97. The Morgan fingerprint density at radius 3 is 2.78 bits per heavy atom. The average Bonchev–Trinajstić information content (AvgIpc) is 2.33. The molecule has 0 amide bonds. The Kier molecular flexibility index (Phi) is 5.12. The fourth-order valence-corrected chi connectivity index (χ4v) is 1.64. The number of nitro benzene ring substituents is 1. The van der Waals surface area contributed by atoms with Gasteiger partial charge in [0.15, 0.2) is 0 Å². The van der Waals surface area contributed by atoms with Crippen LogP contribution >= 0.6 is 0 Å². The summed E-state index contributed by atoms with van der Waals surface area (Å²) in [6.07, 6.45) is 2.17. The molecule has 1 rings (SSSR count). The van der Waals surface area contributed by atoms with Crippen molar-refractivity contribution in [2.45, 2.75) is 26.7 Å². The average molecular weight is 247 g/mol. The second-order valence-electron chi connectivity index (χ2n) is 4.56. The van der Waals surface area contributed by atoms with E-state index in [1.54, 1.807) is 6.07 Å². The molecule has 0 heterocycles. The fourth-order valence-electron chi connectivity index (χ4n) is 1.64. The maximum atomic E-state index is 10.7. The van der Waals surface area contributed by atoms with Gasteiger partial charge >= 0.3 is 0 Å². The van der Waals surface area contributed by atoms with Crippen molar-refractivity contribution in [1.82, 2.24) is 0 Å². The minimum atomic E-state index is -0.541. The number of benzene rings is 1. The maximum Gasteiger partial charge on any atom is 0.287 e. The van der Waals surface area contributed by atoms with Gasteiger partial charge in [-0.25, -0.2) is 0 Å². The number of hydrogen-bond acceptors (Lipinski definition) is 4. The van der Waals surface area contributed by atoms with Gasteiger partial charge in [-0.2, -0.15) is 5.26 Å². The highest BCUT2D eigenvalue weighted by Crippen LogP contribution is 2.21. The number of nitro groups is 1. The minimum Gasteiger partial charge on any atom is -0.385 e. The lowest BCUT2D eigenvalue weighted by molar-refractivity contribution is -0.385. The van der Waals surface area contributed by atoms with Gasteiger partial charge in [0.1, 0.15) is 11.6 Å². The van der Waals surface area contributed by atoms with E-state index >= 15 is 0 Å². The van der Waals surface area contributed by atoms with Crippen LogP contribution in [0.3, 0.4) is 0 Å². The van der Waals surface area contributed by atoms with Crippen LogP contribution in [0.4, 0.5) is 11.4 Å². The van der Waals surface area contributed by atoms with E-state index in [4.69, 9.17) is 5.26 Å². The molecule has 1 aromatic rings. The summed E-state index contributed by atoms with van der Waals surface area (Å²) >= 11 is 0. The molecule has 1 N–H and O–H groups in total. The highest BCUT2D eigenvalue weighted by Gasteiger charge is 2.13. The van der Waals surface area contributed by atoms with E-state index in [1.807, 2.05) is 6.07 Å². The highest BCUT2D eigenvalue weighted by atomic mass is 16.6. The molecular formula is C13H17N3O2. The molecule has 5 nitrogen and oxygen atoms in total. The van der Waals surface area contributed by atoms with Gasteiger partial charge in [0.25, 0.3) is 5.69 Å². The predicted molar refractivity (Wildman–Crippen MR) is 70.4 cm³/mol. The summed E-state index contributed by atoms with van der Waals surface area (Å²) < 4.78 is 0. The summed E-state index contributed by atoms with van der Waals surface area (Å²) in [5.74, 6) is 0.665. The Hall–Kier alpha value is -2.09. The van der Waals surface area contributed by atoms with Crippen molar-refractivity contribution in [3.05, 3.63) is 33.9 Å². The molecule has 18 heavy (non-hydrogen) atoms. The summed E-state index contributed by atoms with van der Waals surface area (Å²) in [6, 6.07) is 6.36. The second-order valence-corrected chi connectivity index (χ2v) is 4.56. The van der Waals surface area contributed by atoms with Gasteiger partial charge in [-0.1, -0.05) is 13.8 Å². The van der Waals surface area contributed by atoms with E-state index < -0.39 is 4.92 Å². The highest BCUT2D eigenvalue weighted by molar-refractivity contribution is 5.58. The molecule has 0 fully saturated rings. The monoisotopic (exact) mass is 247 g/mol. The second kappa shape index (κ2) is 6.60. The molecular weight excluding hydrogens is 230 g/mol. The summed E-state index contributed by atoms with van der Waals surface area (Å²) in [5.41, 5.74) is 0.694. The van der Waals surface area contributed by atoms with Crippen molar-refractivity contribution in [2.75, 3.05) is 11.9 Å². The van der Waals surface area contributed by atoms with Gasteiger partial charge < -0.3 is 5.32 Å².